The summed E-state index contributed by atoms with van der Waals surface area (Å²) in [4.78, 5) is 12.3. The maximum Gasteiger partial charge on any atom is 0.339 e. The number of aryl methyl sites for hydroxylation is 1. The summed E-state index contributed by atoms with van der Waals surface area (Å²) in [5, 5.41) is 4.45. The Kier molecular flexibility index (Phi) is 7.38. The normalized spacial score (nSPS) is 11.5. The Morgan fingerprint density at radius 3 is 2.42 bits per heavy atom. The number of halogens is 3. The maximum absolute atomic E-state index is 12.6. The second-order valence-electron chi connectivity index (χ2n) is 6.36. The Morgan fingerprint density at radius 1 is 1.03 bits per heavy atom. The van der Waals surface area contributed by atoms with E-state index in [1.165, 1.54) is 42.6 Å². The summed E-state index contributed by atoms with van der Waals surface area (Å²) in [5.41, 5.74) is 3.87. The standard InChI is InChI=1S/C21H15BrCl2N2O4S/c1-13-2-6-17(7-3-13)31(28,29)30-20-9-5-16(22)10-15(20)12-25-26-21(27)14-4-8-18(23)19(24)11-14/h2-12H,1H3,(H,26,27)/b25-12-. The molecule has 6 nitrogen and oxygen atoms in total. The molecule has 0 radical (unpaired) electrons. The molecule has 0 saturated carbocycles. The number of carbonyl (C=O) groups excluding carboxylic acids is 1. The second kappa shape index (κ2) is 9.82. The van der Waals surface area contributed by atoms with Crippen molar-refractivity contribution in [3.8, 4) is 5.75 Å². The smallest absolute Gasteiger partial charge is 0.339 e. The van der Waals surface area contributed by atoms with E-state index in [4.69, 9.17) is 27.4 Å². The molecule has 0 unspecified atom stereocenters. The van der Waals surface area contributed by atoms with E-state index in [-0.39, 0.29) is 21.2 Å². The van der Waals surface area contributed by atoms with Crippen LogP contribution in [0.25, 0.3) is 0 Å². The molecule has 3 aromatic carbocycles. The predicted molar refractivity (Wildman–Crippen MR) is 125 cm³/mol. The molecular formula is C21H15BrCl2N2O4S. The number of nitrogens with zero attached hydrogens (tertiary/aromatic N) is 1. The highest BCUT2D eigenvalue weighted by atomic mass is 79.9. The molecule has 0 spiro atoms. The Bertz CT molecular complexity index is 1260. The summed E-state index contributed by atoms with van der Waals surface area (Å²) < 4.78 is 31.2. The molecule has 0 aromatic heterocycles. The highest BCUT2D eigenvalue weighted by Crippen LogP contribution is 2.26. The lowest BCUT2D eigenvalue weighted by Crippen LogP contribution is -2.17. The van der Waals surface area contributed by atoms with Gasteiger partial charge in [-0.1, -0.05) is 56.8 Å². The van der Waals surface area contributed by atoms with Crippen LogP contribution in [0.5, 0.6) is 5.75 Å². The van der Waals surface area contributed by atoms with Crippen LogP contribution < -0.4 is 9.61 Å². The maximum atomic E-state index is 12.6. The summed E-state index contributed by atoms with van der Waals surface area (Å²) in [6.45, 7) is 1.85. The number of carbonyl (C=O) groups is 1. The van der Waals surface area contributed by atoms with Crippen LogP contribution in [-0.4, -0.2) is 20.5 Å². The molecule has 160 valence electrons. The van der Waals surface area contributed by atoms with E-state index in [0.29, 0.717) is 15.1 Å². The Hall–Kier alpha value is -2.39. The van der Waals surface area contributed by atoms with Gasteiger partial charge < -0.3 is 4.18 Å². The van der Waals surface area contributed by atoms with Gasteiger partial charge in [-0.05, 0) is 55.5 Å². The van der Waals surface area contributed by atoms with Crippen LogP contribution in [0.15, 0.2) is 75.1 Å². The van der Waals surface area contributed by atoms with Crippen LogP contribution in [-0.2, 0) is 10.1 Å². The van der Waals surface area contributed by atoms with Crippen LogP contribution in [0.2, 0.25) is 10.0 Å². The van der Waals surface area contributed by atoms with Crippen LogP contribution >= 0.6 is 39.1 Å². The number of benzene rings is 3. The number of hydrogen-bond acceptors (Lipinski definition) is 5. The number of rotatable bonds is 6. The van der Waals surface area contributed by atoms with Gasteiger partial charge in [-0.3, -0.25) is 4.79 Å². The fourth-order valence-corrected chi connectivity index (χ4v) is 4.06. The minimum atomic E-state index is -4.05. The van der Waals surface area contributed by atoms with Gasteiger partial charge in [0.25, 0.3) is 5.91 Å². The lowest BCUT2D eigenvalue weighted by molar-refractivity contribution is 0.0955. The summed E-state index contributed by atoms with van der Waals surface area (Å²) in [6.07, 6.45) is 1.28. The van der Waals surface area contributed by atoms with Crippen molar-refractivity contribution in [3.63, 3.8) is 0 Å². The lowest BCUT2D eigenvalue weighted by Gasteiger charge is -2.10. The molecule has 0 aliphatic rings. The van der Waals surface area contributed by atoms with Gasteiger partial charge >= 0.3 is 10.1 Å². The fraction of sp³-hybridized carbons (Fsp3) is 0.0476. The SMILES string of the molecule is Cc1ccc(S(=O)(=O)Oc2ccc(Br)cc2/C=N\NC(=O)c2ccc(Cl)c(Cl)c2)cc1. The monoisotopic (exact) mass is 540 g/mol. The zero-order chi connectivity index (χ0) is 22.6. The Morgan fingerprint density at radius 2 is 1.74 bits per heavy atom. The van der Waals surface area contributed by atoms with Gasteiger partial charge in [-0.25, -0.2) is 5.43 Å². The Labute approximate surface area is 198 Å². The van der Waals surface area contributed by atoms with Crippen molar-refractivity contribution in [3.05, 3.63) is 91.9 Å². The molecule has 0 fully saturated rings. The van der Waals surface area contributed by atoms with E-state index in [0.717, 1.165) is 5.56 Å². The molecule has 3 aromatic rings. The first-order valence-corrected chi connectivity index (χ1v) is 11.7. The molecule has 0 aliphatic heterocycles. The van der Waals surface area contributed by atoms with Crippen LogP contribution in [0.4, 0.5) is 0 Å². The molecule has 1 amide bonds. The molecule has 10 heteroatoms. The van der Waals surface area contributed by atoms with E-state index in [1.54, 1.807) is 24.3 Å². The molecule has 1 N–H and O–H groups in total. The molecule has 0 heterocycles. The molecular weight excluding hydrogens is 527 g/mol. The average molecular weight is 542 g/mol. The third-order valence-electron chi connectivity index (χ3n) is 4.03. The molecule has 0 atom stereocenters. The molecule has 0 aliphatic carbocycles. The topological polar surface area (TPSA) is 84.8 Å². The first kappa shape index (κ1) is 23.3. The van der Waals surface area contributed by atoms with Gasteiger partial charge in [-0.2, -0.15) is 13.5 Å². The van der Waals surface area contributed by atoms with Gasteiger partial charge in [0.1, 0.15) is 4.90 Å². The van der Waals surface area contributed by atoms with Crippen molar-refractivity contribution in [2.45, 2.75) is 11.8 Å². The number of hydrazone groups is 1. The minimum Gasteiger partial charge on any atom is -0.378 e. The summed E-state index contributed by atoms with van der Waals surface area (Å²) >= 11 is 15.1. The van der Waals surface area contributed by atoms with Gasteiger partial charge in [0.2, 0.25) is 0 Å². The van der Waals surface area contributed by atoms with Gasteiger partial charge in [-0.15, -0.1) is 0 Å². The highest BCUT2D eigenvalue weighted by molar-refractivity contribution is 9.10. The zero-order valence-corrected chi connectivity index (χ0v) is 19.9. The third kappa shape index (κ3) is 6.07. The number of amides is 1. The van der Waals surface area contributed by atoms with E-state index in [9.17, 15) is 13.2 Å². The van der Waals surface area contributed by atoms with Crippen LogP contribution in [0.3, 0.4) is 0 Å². The minimum absolute atomic E-state index is 0.0248. The largest absolute Gasteiger partial charge is 0.378 e. The average Bonchev–Trinajstić information content (AvgIpc) is 2.72. The van der Waals surface area contributed by atoms with Crippen molar-refractivity contribution in [2.75, 3.05) is 0 Å². The van der Waals surface area contributed by atoms with Crippen molar-refractivity contribution in [1.82, 2.24) is 5.43 Å². The van der Waals surface area contributed by atoms with Gasteiger partial charge in [0.15, 0.2) is 5.75 Å². The number of nitrogens with one attached hydrogen (secondary N) is 1. The Balaban J connectivity index is 1.80. The second-order valence-corrected chi connectivity index (χ2v) is 9.64. The van der Waals surface area contributed by atoms with Crippen molar-refractivity contribution in [2.24, 2.45) is 5.10 Å². The first-order chi connectivity index (χ1) is 14.7. The van der Waals surface area contributed by atoms with E-state index >= 15 is 0 Å². The predicted octanol–water partition coefficient (Wildman–Crippen LogP) is 5.60. The quantitative estimate of drug-likeness (QED) is 0.250. The van der Waals surface area contributed by atoms with Gasteiger partial charge in [0.05, 0.1) is 16.3 Å². The lowest BCUT2D eigenvalue weighted by atomic mass is 10.2. The van der Waals surface area contributed by atoms with Crippen LogP contribution in [0, 0.1) is 6.92 Å². The van der Waals surface area contributed by atoms with Crippen molar-refractivity contribution < 1.29 is 17.4 Å². The summed E-state index contributed by atoms with van der Waals surface area (Å²) in [6, 6.07) is 15.4. The van der Waals surface area contributed by atoms with E-state index in [1.807, 2.05) is 6.92 Å². The summed E-state index contributed by atoms with van der Waals surface area (Å²) in [5.74, 6) is -0.462. The molecule has 0 bridgehead atoms. The summed E-state index contributed by atoms with van der Waals surface area (Å²) in [7, 11) is -4.05. The van der Waals surface area contributed by atoms with Gasteiger partial charge in [0, 0.05) is 15.6 Å². The molecule has 0 saturated heterocycles. The zero-order valence-electron chi connectivity index (χ0n) is 16.0. The number of hydrogen-bond donors (Lipinski definition) is 1. The van der Waals surface area contributed by atoms with Crippen molar-refractivity contribution >= 4 is 61.4 Å². The highest BCUT2D eigenvalue weighted by Gasteiger charge is 2.18. The van der Waals surface area contributed by atoms with Crippen molar-refractivity contribution in [1.29, 1.82) is 0 Å². The first-order valence-electron chi connectivity index (χ1n) is 8.75. The van der Waals surface area contributed by atoms with E-state index in [2.05, 4.69) is 26.5 Å². The van der Waals surface area contributed by atoms with Crippen LogP contribution in [0.1, 0.15) is 21.5 Å². The third-order valence-corrected chi connectivity index (χ3v) is 6.51. The fourth-order valence-electron chi connectivity index (χ4n) is 2.43. The molecule has 31 heavy (non-hydrogen) atoms. The van der Waals surface area contributed by atoms with E-state index < -0.39 is 16.0 Å². The molecule has 3 rings (SSSR count).